The van der Waals surface area contributed by atoms with Crippen LogP contribution in [0, 0.1) is 12.7 Å². The first-order valence-corrected chi connectivity index (χ1v) is 6.32. The maximum atomic E-state index is 13.5. The van der Waals surface area contributed by atoms with Gasteiger partial charge in [-0.2, -0.15) is 5.10 Å². The van der Waals surface area contributed by atoms with Gasteiger partial charge in [0, 0.05) is 19.3 Å². The lowest BCUT2D eigenvalue weighted by atomic mass is 10.1. The minimum Gasteiger partial charge on any atom is -0.477 e. The van der Waals surface area contributed by atoms with Gasteiger partial charge in [-0.25, -0.2) is 9.18 Å². The highest BCUT2D eigenvalue weighted by Crippen LogP contribution is 2.37. The Hall–Kier alpha value is -2.37. The van der Waals surface area contributed by atoms with E-state index in [1.54, 1.807) is 24.7 Å². The molecule has 104 valence electrons. The van der Waals surface area contributed by atoms with E-state index in [0.29, 0.717) is 18.1 Å². The van der Waals surface area contributed by atoms with Crippen molar-refractivity contribution in [3.05, 3.63) is 40.8 Å². The minimum absolute atomic E-state index is 0.171. The first kappa shape index (κ1) is 12.7. The van der Waals surface area contributed by atoms with Crippen LogP contribution in [0.3, 0.4) is 0 Å². The van der Waals surface area contributed by atoms with Crippen molar-refractivity contribution in [3.8, 4) is 0 Å². The van der Waals surface area contributed by atoms with Crippen LogP contribution in [0.2, 0.25) is 0 Å². The molecule has 1 aromatic carbocycles. The molecule has 0 radical (unpaired) electrons. The Balaban J connectivity index is 2.18. The van der Waals surface area contributed by atoms with Crippen LogP contribution >= 0.6 is 0 Å². The van der Waals surface area contributed by atoms with Gasteiger partial charge in [0.1, 0.15) is 17.2 Å². The van der Waals surface area contributed by atoms with E-state index in [1.165, 1.54) is 12.1 Å². The molecule has 0 spiro atoms. The van der Waals surface area contributed by atoms with Crippen molar-refractivity contribution in [2.24, 2.45) is 7.05 Å². The van der Waals surface area contributed by atoms with Gasteiger partial charge in [0.05, 0.1) is 5.69 Å². The molecule has 0 saturated heterocycles. The van der Waals surface area contributed by atoms with E-state index in [9.17, 15) is 14.3 Å². The summed E-state index contributed by atoms with van der Waals surface area (Å²) < 4.78 is 15.0. The van der Waals surface area contributed by atoms with E-state index in [4.69, 9.17) is 0 Å². The number of carboxylic acids is 1. The molecule has 1 N–H and O–H groups in total. The first-order chi connectivity index (χ1) is 9.49. The molecule has 0 amide bonds. The number of aromatic carboxylic acids is 1. The third-order valence-corrected chi connectivity index (χ3v) is 3.60. The van der Waals surface area contributed by atoms with Crippen LogP contribution in [0.15, 0.2) is 18.2 Å². The Morgan fingerprint density at radius 2 is 2.20 bits per heavy atom. The number of nitrogens with zero attached hydrogens (tertiary/aromatic N) is 3. The maximum absolute atomic E-state index is 13.5. The minimum atomic E-state index is -1.02. The summed E-state index contributed by atoms with van der Waals surface area (Å²) in [5, 5.41) is 13.5. The monoisotopic (exact) mass is 275 g/mol. The van der Waals surface area contributed by atoms with Crippen molar-refractivity contribution in [2.45, 2.75) is 13.3 Å². The number of anilines is 2. The lowest BCUT2D eigenvalue weighted by molar-refractivity contribution is 0.0697. The van der Waals surface area contributed by atoms with E-state index < -0.39 is 5.97 Å². The summed E-state index contributed by atoms with van der Waals surface area (Å²) in [4.78, 5) is 13.3. The quantitative estimate of drug-likeness (QED) is 0.913. The largest absolute Gasteiger partial charge is 0.477 e. The molecule has 20 heavy (non-hydrogen) atoms. The number of carboxylic acid groups (broad SMARTS) is 1. The van der Waals surface area contributed by atoms with E-state index in [0.717, 1.165) is 17.7 Å². The van der Waals surface area contributed by atoms with Crippen LogP contribution in [0.25, 0.3) is 0 Å². The second kappa shape index (κ2) is 4.33. The van der Waals surface area contributed by atoms with Gasteiger partial charge < -0.3 is 10.0 Å². The fourth-order valence-corrected chi connectivity index (χ4v) is 2.78. The van der Waals surface area contributed by atoms with E-state index in [-0.39, 0.29) is 11.4 Å². The molecule has 1 aromatic heterocycles. The number of fused-ring (bicyclic) bond motifs is 1. The summed E-state index contributed by atoms with van der Waals surface area (Å²) in [7, 11) is 1.70. The molecule has 0 atom stereocenters. The standard InChI is InChI=1S/C14H14FN3O2/c1-8-12(14(19)20)13(17(2)16-8)18-6-5-9-3-4-10(15)7-11(9)18/h3-4,7H,5-6H2,1-2H3,(H,19,20). The smallest absolute Gasteiger partial charge is 0.341 e. The van der Waals surface area contributed by atoms with Gasteiger partial charge in [-0.1, -0.05) is 6.07 Å². The third kappa shape index (κ3) is 1.76. The second-order valence-corrected chi connectivity index (χ2v) is 4.89. The summed E-state index contributed by atoms with van der Waals surface area (Å²) in [6, 6.07) is 4.61. The molecular weight excluding hydrogens is 261 g/mol. The van der Waals surface area contributed by atoms with E-state index >= 15 is 0 Å². The number of halogens is 1. The number of hydrogen-bond acceptors (Lipinski definition) is 3. The Bertz CT molecular complexity index is 709. The molecular formula is C14H14FN3O2. The van der Waals surface area contributed by atoms with Crippen LogP contribution in [0.5, 0.6) is 0 Å². The average molecular weight is 275 g/mol. The first-order valence-electron chi connectivity index (χ1n) is 6.32. The van der Waals surface area contributed by atoms with E-state index in [2.05, 4.69) is 5.10 Å². The maximum Gasteiger partial charge on any atom is 0.341 e. The number of hydrogen-bond donors (Lipinski definition) is 1. The van der Waals surface area contributed by atoms with Crippen LogP contribution in [0.4, 0.5) is 15.9 Å². The molecule has 2 aromatic rings. The fourth-order valence-electron chi connectivity index (χ4n) is 2.78. The zero-order chi connectivity index (χ0) is 14.4. The van der Waals surface area contributed by atoms with Gasteiger partial charge in [0.15, 0.2) is 0 Å². The van der Waals surface area contributed by atoms with Gasteiger partial charge in [-0.05, 0) is 31.0 Å². The highest BCUT2D eigenvalue weighted by Gasteiger charge is 2.29. The number of benzene rings is 1. The van der Waals surface area contributed by atoms with Crippen LogP contribution in [0.1, 0.15) is 21.6 Å². The Morgan fingerprint density at radius 3 is 2.90 bits per heavy atom. The highest BCUT2D eigenvalue weighted by atomic mass is 19.1. The topological polar surface area (TPSA) is 58.4 Å². The molecule has 1 aliphatic rings. The highest BCUT2D eigenvalue weighted by molar-refractivity contribution is 5.96. The zero-order valence-electron chi connectivity index (χ0n) is 11.2. The number of carbonyl (C=O) groups is 1. The summed E-state index contributed by atoms with van der Waals surface area (Å²) >= 11 is 0. The van der Waals surface area contributed by atoms with Crippen molar-refractivity contribution in [3.63, 3.8) is 0 Å². The van der Waals surface area contributed by atoms with Crippen LogP contribution < -0.4 is 4.90 Å². The average Bonchev–Trinajstić information content (AvgIpc) is 2.89. The van der Waals surface area contributed by atoms with Gasteiger partial charge in [-0.15, -0.1) is 0 Å². The summed E-state index contributed by atoms with van der Waals surface area (Å²) in [6.07, 6.45) is 0.763. The number of aromatic nitrogens is 2. The van der Waals surface area contributed by atoms with Gasteiger partial charge in [0.25, 0.3) is 0 Å². The molecule has 0 fully saturated rings. The van der Waals surface area contributed by atoms with Crippen LogP contribution in [-0.4, -0.2) is 27.4 Å². The van der Waals surface area contributed by atoms with Crippen molar-refractivity contribution in [1.29, 1.82) is 0 Å². The van der Waals surface area contributed by atoms with Crippen molar-refractivity contribution < 1.29 is 14.3 Å². The van der Waals surface area contributed by atoms with Gasteiger partial charge in [0.2, 0.25) is 0 Å². The van der Waals surface area contributed by atoms with Crippen molar-refractivity contribution in [2.75, 3.05) is 11.4 Å². The van der Waals surface area contributed by atoms with Crippen LogP contribution in [-0.2, 0) is 13.5 Å². The molecule has 0 unspecified atom stereocenters. The normalized spacial score (nSPS) is 13.7. The Kier molecular flexibility index (Phi) is 2.74. The van der Waals surface area contributed by atoms with Gasteiger partial charge >= 0.3 is 5.97 Å². The lowest BCUT2D eigenvalue weighted by Gasteiger charge is -2.20. The van der Waals surface area contributed by atoms with Crippen molar-refractivity contribution >= 4 is 17.5 Å². The molecule has 6 heteroatoms. The summed E-state index contributed by atoms with van der Waals surface area (Å²) in [5.74, 6) is -0.846. The van der Waals surface area contributed by atoms with E-state index in [1.807, 2.05) is 4.90 Å². The second-order valence-electron chi connectivity index (χ2n) is 4.89. The lowest BCUT2D eigenvalue weighted by Crippen LogP contribution is -2.19. The number of aryl methyl sites for hydroxylation is 2. The summed E-state index contributed by atoms with van der Waals surface area (Å²) in [5.41, 5.74) is 2.36. The Morgan fingerprint density at radius 1 is 1.45 bits per heavy atom. The fraction of sp³-hybridized carbons (Fsp3) is 0.286. The predicted molar refractivity (Wildman–Crippen MR) is 72.0 cm³/mol. The molecule has 1 aliphatic heterocycles. The summed E-state index contributed by atoms with van der Waals surface area (Å²) in [6.45, 7) is 2.29. The molecule has 0 bridgehead atoms. The van der Waals surface area contributed by atoms with Gasteiger partial charge in [-0.3, -0.25) is 4.68 Å². The molecule has 5 nitrogen and oxygen atoms in total. The molecule has 0 aliphatic carbocycles. The zero-order valence-corrected chi connectivity index (χ0v) is 11.2. The molecule has 3 rings (SSSR count). The van der Waals surface area contributed by atoms with Crippen molar-refractivity contribution in [1.82, 2.24) is 9.78 Å². The molecule has 2 heterocycles. The molecule has 0 saturated carbocycles. The number of rotatable bonds is 2. The predicted octanol–water partition coefficient (Wildman–Crippen LogP) is 2.26. The SMILES string of the molecule is Cc1nn(C)c(N2CCc3ccc(F)cc32)c1C(=O)O. The third-order valence-electron chi connectivity index (χ3n) is 3.60. The Labute approximate surface area is 115 Å².